The number of aliphatic hydroxyl groups is 1. The van der Waals surface area contributed by atoms with Gasteiger partial charge in [0, 0.05) is 24.5 Å². The first-order valence-electron chi connectivity index (χ1n) is 7.34. The van der Waals surface area contributed by atoms with Crippen molar-refractivity contribution in [3.63, 3.8) is 0 Å². The van der Waals surface area contributed by atoms with Crippen LogP contribution in [0.2, 0.25) is 4.34 Å². The van der Waals surface area contributed by atoms with Crippen molar-refractivity contribution < 1.29 is 9.90 Å². The van der Waals surface area contributed by atoms with Crippen LogP contribution in [0, 0.1) is 0 Å². The van der Waals surface area contributed by atoms with Crippen LogP contribution in [-0.4, -0.2) is 53.6 Å². The summed E-state index contributed by atoms with van der Waals surface area (Å²) in [7, 11) is 1.81. The number of rotatable bonds is 9. The van der Waals surface area contributed by atoms with Gasteiger partial charge >= 0.3 is 0 Å². The highest BCUT2D eigenvalue weighted by Gasteiger charge is 2.20. The fourth-order valence-corrected chi connectivity index (χ4v) is 3.52. The van der Waals surface area contributed by atoms with Crippen molar-refractivity contribution >= 4 is 28.8 Å². The minimum absolute atomic E-state index is 0.0693. The zero-order valence-corrected chi connectivity index (χ0v) is 14.6. The quantitative estimate of drug-likeness (QED) is 0.756. The van der Waals surface area contributed by atoms with E-state index in [1.807, 2.05) is 12.1 Å². The highest BCUT2D eigenvalue weighted by atomic mass is 35.5. The second kappa shape index (κ2) is 9.41. The van der Waals surface area contributed by atoms with Gasteiger partial charge < -0.3 is 10.0 Å². The molecule has 1 rings (SSSR count). The van der Waals surface area contributed by atoms with Crippen molar-refractivity contribution in [3.8, 4) is 0 Å². The molecule has 0 atom stereocenters. The second-order valence-corrected chi connectivity index (χ2v) is 6.92. The molecule has 0 aliphatic carbocycles. The van der Waals surface area contributed by atoms with Gasteiger partial charge in [0.05, 0.1) is 24.0 Å². The van der Waals surface area contributed by atoms with Crippen molar-refractivity contribution in [2.24, 2.45) is 0 Å². The number of carbonyl (C=O) groups excluding carboxylic acids is 1. The lowest BCUT2D eigenvalue weighted by Crippen LogP contribution is -2.44. The van der Waals surface area contributed by atoms with E-state index in [1.54, 1.807) is 11.9 Å². The zero-order chi connectivity index (χ0) is 15.8. The van der Waals surface area contributed by atoms with Gasteiger partial charge in [0.1, 0.15) is 0 Å². The first kappa shape index (κ1) is 18.4. The van der Waals surface area contributed by atoms with Crippen LogP contribution < -0.4 is 0 Å². The zero-order valence-electron chi connectivity index (χ0n) is 13.0. The van der Waals surface area contributed by atoms with E-state index in [2.05, 4.69) is 18.7 Å². The number of hydrogen-bond donors (Lipinski definition) is 1. The van der Waals surface area contributed by atoms with Crippen LogP contribution in [0.25, 0.3) is 0 Å². The monoisotopic (exact) mass is 332 g/mol. The van der Waals surface area contributed by atoms with E-state index in [9.17, 15) is 9.90 Å². The van der Waals surface area contributed by atoms with Gasteiger partial charge in [0.15, 0.2) is 0 Å². The van der Waals surface area contributed by atoms with E-state index in [0.29, 0.717) is 25.7 Å². The lowest BCUT2D eigenvalue weighted by Gasteiger charge is -2.30. The third kappa shape index (κ3) is 5.94. The number of thiophene rings is 1. The van der Waals surface area contributed by atoms with Crippen molar-refractivity contribution in [3.05, 3.63) is 21.3 Å². The van der Waals surface area contributed by atoms with E-state index in [-0.39, 0.29) is 12.5 Å². The van der Waals surface area contributed by atoms with E-state index in [1.165, 1.54) is 11.3 Å². The van der Waals surface area contributed by atoms with Crippen molar-refractivity contribution in [1.29, 1.82) is 0 Å². The van der Waals surface area contributed by atoms with Gasteiger partial charge in [-0.2, -0.15) is 0 Å². The normalized spacial score (nSPS) is 11.4. The Kier molecular flexibility index (Phi) is 8.26. The first-order valence-corrected chi connectivity index (χ1v) is 8.54. The average Bonchev–Trinajstić information content (AvgIpc) is 2.85. The number of aliphatic hydroxyl groups excluding tert-OH is 1. The molecule has 0 aliphatic rings. The Bertz CT molecular complexity index is 435. The van der Waals surface area contributed by atoms with Crippen LogP contribution in [-0.2, 0) is 11.3 Å². The molecule has 6 heteroatoms. The predicted octanol–water partition coefficient (Wildman–Crippen LogP) is 2.84. The number of likely N-dealkylation sites (N-methyl/N-ethyl adjacent to an activating group) is 1. The van der Waals surface area contributed by atoms with Gasteiger partial charge in [-0.3, -0.25) is 9.69 Å². The van der Waals surface area contributed by atoms with E-state index >= 15 is 0 Å². The SMILES string of the molecule is CCC(CC)N(CCO)CC(=O)N(C)Cc1ccc(Cl)s1. The maximum absolute atomic E-state index is 12.4. The predicted molar refractivity (Wildman–Crippen MR) is 88.8 cm³/mol. The Morgan fingerprint density at radius 3 is 2.52 bits per heavy atom. The molecule has 120 valence electrons. The summed E-state index contributed by atoms with van der Waals surface area (Å²) in [5, 5.41) is 9.19. The number of hydrogen-bond acceptors (Lipinski definition) is 4. The van der Waals surface area contributed by atoms with Crippen molar-refractivity contribution in [1.82, 2.24) is 9.80 Å². The summed E-state index contributed by atoms with van der Waals surface area (Å²) in [4.78, 5) is 17.2. The Morgan fingerprint density at radius 2 is 2.05 bits per heavy atom. The smallest absolute Gasteiger partial charge is 0.236 e. The molecule has 0 fully saturated rings. The number of carbonyl (C=O) groups is 1. The standard InChI is InChI=1S/C15H25ClN2O2S/c1-4-12(5-2)18(8-9-19)11-15(20)17(3)10-13-6-7-14(16)21-13/h6-7,12,19H,4-5,8-11H2,1-3H3. The summed E-state index contributed by atoms with van der Waals surface area (Å²) in [6.45, 7) is 5.76. The molecule has 0 aromatic carbocycles. The van der Waals surface area contributed by atoms with Crippen molar-refractivity contribution in [2.45, 2.75) is 39.3 Å². The fourth-order valence-electron chi connectivity index (χ4n) is 2.38. The molecule has 1 amide bonds. The van der Waals surface area contributed by atoms with Gasteiger partial charge in [-0.25, -0.2) is 0 Å². The molecule has 1 heterocycles. The number of halogens is 1. The molecule has 0 saturated carbocycles. The Balaban J connectivity index is 2.59. The Hall–Kier alpha value is -0.620. The van der Waals surface area contributed by atoms with Gasteiger partial charge in [0.25, 0.3) is 0 Å². The molecule has 0 unspecified atom stereocenters. The minimum atomic E-state index is 0.0693. The summed E-state index contributed by atoms with van der Waals surface area (Å²) in [6.07, 6.45) is 1.96. The van der Waals surface area contributed by atoms with Gasteiger partial charge in [-0.05, 0) is 25.0 Å². The fraction of sp³-hybridized carbons (Fsp3) is 0.667. The molecule has 4 nitrogen and oxygen atoms in total. The van der Waals surface area contributed by atoms with Crippen molar-refractivity contribution in [2.75, 3.05) is 26.7 Å². The van der Waals surface area contributed by atoms with Gasteiger partial charge in [0.2, 0.25) is 5.91 Å². The minimum Gasteiger partial charge on any atom is -0.395 e. The van der Waals surface area contributed by atoms with Gasteiger partial charge in [-0.1, -0.05) is 25.4 Å². The summed E-state index contributed by atoms with van der Waals surface area (Å²) in [5.41, 5.74) is 0. The third-order valence-electron chi connectivity index (χ3n) is 3.63. The third-order valence-corrected chi connectivity index (χ3v) is 4.85. The number of amides is 1. The van der Waals surface area contributed by atoms with E-state index < -0.39 is 0 Å². The maximum Gasteiger partial charge on any atom is 0.236 e. The summed E-state index contributed by atoms with van der Waals surface area (Å²) >= 11 is 7.40. The lowest BCUT2D eigenvalue weighted by molar-refractivity contribution is -0.132. The second-order valence-electron chi connectivity index (χ2n) is 5.12. The topological polar surface area (TPSA) is 43.8 Å². The van der Waals surface area contributed by atoms with Crippen LogP contribution in [0.4, 0.5) is 0 Å². The molecule has 0 aliphatic heterocycles. The molecule has 1 aromatic rings. The van der Waals surface area contributed by atoms with E-state index in [4.69, 9.17) is 11.6 Å². The molecule has 1 aromatic heterocycles. The molecule has 0 bridgehead atoms. The molecule has 0 radical (unpaired) electrons. The molecule has 0 saturated heterocycles. The van der Waals surface area contributed by atoms with E-state index in [0.717, 1.165) is 22.1 Å². The van der Waals surface area contributed by atoms with Gasteiger partial charge in [-0.15, -0.1) is 11.3 Å². The van der Waals surface area contributed by atoms with Crippen LogP contribution in [0.1, 0.15) is 31.6 Å². The molecule has 1 N–H and O–H groups in total. The Labute approximate surface area is 136 Å². The van der Waals surface area contributed by atoms with Crippen LogP contribution >= 0.6 is 22.9 Å². The molecular formula is C15H25ClN2O2S. The van der Waals surface area contributed by atoms with Crippen LogP contribution in [0.3, 0.4) is 0 Å². The Morgan fingerprint density at radius 1 is 1.38 bits per heavy atom. The average molecular weight is 333 g/mol. The largest absolute Gasteiger partial charge is 0.395 e. The molecule has 0 spiro atoms. The highest BCUT2D eigenvalue weighted by Crippen LogP contribution is 2.22. The summed E-state index contributed by atoms with van der Waals surface area (Å²) < 4.78 is 0.741. The number of nitrogens with zero attached hydrogens (tertiary/aromatic N) is 2. The molecule has 21 heavy (non-hydrogen) atoms. The maximum atomic E-state index is 12.4. The molecular weight excluding hydrogens is 308 g/mol. The summed E-state index contributed by atoms with van der Waals surface area (Å²) in [6, 6.07) is 4.14. The van der Waals surface area contributed by atoms with Crippen LogP contribution in [0.15, 0.2) is 12.1 Å². The van der Waals surface area contributed by atoms with Crippen LogP contribution in [0.5, 0.6) is 0 Å². The first-order chi connectivity index (χ1) is 10.0. The summed E-state index contributed by atoms with van der Waals surface area (Å²) in [5.74, 6) is 0.0693. The lowest BCUT2D eigenvalue weighted by atomic mass is 10.1. The highest BCUT2D eigenvalue weighted by molar-refractivity contribution is 7.16.